The van der Waals surface area contributed by atoms with Gasteiger partial charge in [0.15, 0.2) is 0 Å². The van der Waals surface area contributed by atoms with Crippen LogP contribution in [0.2, 0.25) is 0 Å². The lowest BCUT2D eigenvalue weighted by atomic mass is 9.91. The fourth-order valence-electron chi connectivity index (χ4n) is 5.15. The summed E-state index contributed by atoms with van der Waals surface area (Å²) in [7, 11) is 0. The number of rotatable bonds is 29. The third-order valence-electron chi connectivity index (χ3n) is 7.98. The number of aliphatic hydroxyl groups excluding tert-OH is 3. The zero-order valence-corrected chi connectivity index (χ0v) is 24.9. The van der Waals surface area contributed by atoms with E-state index in [1.54, 1.807) is 0 Å². The fraction of sp³-hybridized carbons (Fsp3) is 0.969. The number of carbonyl (C=O) groups excluding carboxylic acids is 1. The summed E-state index contributed by atoms with van der Waals surface area (Å²) in [5.74, 6) is -0.242. The first-order valence-electron chi connectivity index (χ1n) is 16.2. The van der Waals surface area contributed by atoms with Gasteiger partial charge in [-0.25, -0.2) is 0 Å². The Balaban J connectivity index is 4.04. The molecule has 0 saturated carbocycles. The maximum absolute atomic E-state index is 12.9. The Morgan fingerprint density at radius 2 is 0.784 bits per heavy atom. The third kappa shape index (κ3) is 20.9. The van der Waals surface area contributed by atoms with Crippen LogP contribution in [-0.4, -0.2) is 46.6 Å². The smallest absolute Gasteiger partial charge is 0.223 e. The summed E-state index contributed by atoms with van der Waals surface area (Å²) in [4.78, 5) is 12.9. The summed E-state index contributed by atoms with van der Waals surface area (Å²) < 4.78 is 0. The van der Waals surface area contributed by atoms with Crippen LogP contribution in [0.25, 0.3) is 0 Å². The van der Waals surface area contributed by atoms with Gasteiger partial charge < -0.3 is 20.6 Å². The van der Waals surface area contributed by atoms with Crippen molar-refractivity contribution in [2.24, 2.45) is 5.92 Å². The lowest BCUT2D eigenvalue weighted by Crippen LogP contribution is -2.58. The van der Waals surface area contributed by atoms with E-state index in [1.807, 2.05) is 0 Å². The molecule has 0 aliphatic carbocycles. The molecule has 0 fully saturated rings. The zero-order chi connectivity index (χ0) is 27.5. The average molecular weight is 528 g/mol. The van der Waals surface area contributed by atoms with Crippen molar-refractivity contribution in [3.8, 4) is 0 Å². The summed E-state index contributed by atoms with van der Waals surface area (Å²) in [6.07, 6.45) is 30.2. The first-order chi connectivity index (χ1) is 18.1. The number of nitrogens with one attached hydrogen (secondary N) is 1. The molecule has 222 valence electrons. The van der Waals surface area contributed by atoms with E-state index in [4.69, 9.17) is 0 Å². The average Bonchev–Trinajstić information content (AvgIpc) is 2.92. The third-order valence-corrected chi connectivity index (χ3v) is 7.98. The molecule has 5 heteroatoms. The van der Waals surface area contributed by atoms with Crippen molar-refractivity contribution in [3.63, 3.8) is 0 Å². The predicted octanol–water partition coefficient (Wildman–Crippen LogP) is 7.84. The maximum atomic E-state index is 12.9. The van der Waals surface area contributed by atoms with Gasteiger partial charge >= 0.3 is 0 Å². The van der Waals surface area contributed by atoms with E-state index in [1.165, 1.54) is 116 Å². The quantitative estimate of drug-likeness (QED) is 0.0746. The fourth-order valence-corrected chi connectivity index (χ4v) is 5.15. The molecule has 0 aliphatic rings. The molecule has 0 saturated heterocycles. The monoisotopic (exact) mass is 527 g/mol. The second kappa shape index (κ2) is 26.9. The Kier molecular flexibility index (Phi) is 26.5. The van der Waals surface area contributed by atoms with Gasteiger partial charge in [-0.3, -0.25) is 4.79 Å². The molecule has 1 atom stereocenters. The van der Waals surface area contributed by atoms with Gasteiger partial charge in [-0.2, -0.15) is 0 Å². The Labute approximate surface area is 230 Å². The number of amides is 1. The minimum Gasteiger partial charge on any atom is -0.394 e. The number of hydrogen-bond acceptors (Lipinski definition) is 4. The van der Waals surface area contributed by atoms with Gasteiger partial charge in [0.2, 0.25) is 5.91 Å². The molecular weight excluding hydrogens is 462 g/mol. The van der Waals surface area contributed by atoms with E-state index in [0.717, 1.165) is 38.5 Å². The molecule has 0 spiro atoms. The van der Waals surface area contributed by atoms with Crippen molar-refractivity contribution < 1.29 is 20.1 Å². The van der Waals surface area contributed by atoms with Crippen LogP contribution in [-0.2, 0) is 4.79 Å². The Hall–Kier alpha value is -0.650. The highest BCUT2D eigenvalue weighted by Gasteiger charge is 2.32. The predicted molar refractivity (Wildman–Crippen MR) is 158 cm³/mol. The number of carbonyl (C=O) groups is 1. The van der Waals surface area contributed by atoms with Gasteiger partial charge in [-0.1, -0.05) is 155 Å². The van der Waals surface area contributed by atoms with Gasteiger partial charge in [0.25, 0.3) is 0 Å². The second-order valence-electron chi connectivity index (χ2n) is 11.6. The van der Waals surface area contributed by atoms with Gasteiger partial charge in [0.05, 0.1) is 19.8 Å². The molecule has 1 unspecified atom stereocenters. The topological polar surface area (TPSA) is 89.8 Å². The highest BCUT2D eigenvalue weighted by atomic mass is 16.3. The second-order valence-corrected chi connectivity index (χ2v) is 11.6. The van der Waals surface area contributed by atoms with Crippen molar-refractivity contribution in [1.82, 2.24) is 5.32 Å². The molecule has 1 amide bonds. The van der Waals surface area contributed by atoms with Crippen LogP contribution in [0.4, 0.5) is 0 Å². The van der Waals surface area contributed by atoms with Gasteiger partial charge in [-0.05, 0) is 12.8 Å². The molecule has 0 bridgehead atoms. The Morgan fingerprint density at radius 3 is 1.05 bits per heavy atom. The first-order valence-corrected chi connectivity index (χ1v) is 16.2. The van der Waals surface area contributed by atoms with Crippen LogP contribution in [0.3, 0.4) is 0 Å². The summed E-state index contributed by atoms with van der Waals surface area (Å²) >= 11 is 0. The summed E-state index contributed by atoms with van der Waals surface area (Å²) in [6, 6.07) is 0. The van der Waals surface area contributed by atoms with Crippen LogP contribution in [0, 0.1) is 5.92 Å². The molecule has 0 aromatic carbocycles. The van der Waals surface area contributed by atoms with E-state index in [9.17, 15) is 20.1 Å². The van der Waals surface area contributed by atoms with Crippen LogP contribution < -0.4 is 5.32 Å². The highest BCUT2D eigenvalue weighted by molar-refractivity contribution is 5.79. The summed E-state index contributed by atoms with van der Waals surface area (Å²) in [5, 5.41) is 31.5. The van der Waals surface area contributed by atoms with E-state index in [-0.39, 0.29) is 11.8 Å². The zero-order valence-electron chi connectivity index (χ0n) is 24.9. The molecule has 0 rings (SSSR count). The van der Waals surface area contributed by atoms with Crippen LogP contribution in [0.1, 0.15) is 168 Å². The maximum Gasteiger partial charge on any atom is 0.223 e. The van der Waals surface area contributed by atoms with Gasteiger partial charge in [0, 0.05) is 5.92 Å². The van der Waals surface area contributed by atoms with Crippen LogP contribution >= 0.6 is 0 Å². The van der Waals surface area contributed by atoms with Crippen LogP contribution in [0.5, 0.6) is 0 Å². The van der Waals surface area contributed by atoms with E-state index in [2.05, 4.69) is 19.2 Å². The minimum atomic E-state index is -1.33. The SMILES string of the molecule is CCCCCCCCCCCCCCCCCCC(CCCCCCCC)C(=O)NC(CO)(CO)CO. The lowest BCUT2D eigenvalue weighted by Gasteiger charge is -2.31. The minimum absolute atomic E-state index is 0.109. The summed E-state index contributed by atoms with van der Waals surface area (Å²) in [6.45, 7) is 3.10. The molecule has 0 aromatic heterocycles. The number of unbranched alkanes of at least 4 members (excludes halogenated alkanes) is 20. The van der Waals surface area contributed by atoms with Crippen molar-refractivity contribution in [2.75, 3.05) is 19.8 Å². The molecule has 5 nitrogen and oxygen atoms in total. The standard InChI is InChI=1S/C32H65NO4/c1-3-5-7-9-11-12-13-14-15-16-17-18-19-20-22-24-26-30(25-23-21-10-8-6-4-2)31(37)33-32(27-34,28-35)29-36/h30,34-36H,3-29H2,1-2H3,(H,33,37). The summed E-state index contributed by atoms with van der Waals surface area (Å²) in [5.41, 5.74) is -1.33. The molecule has 0 aliphatic heterocycles. The number of hydrogen-bond donors (Lipinski definition) is 4. The van der Waals surface area contributed by atoms with Gasteiger partial charge in [-0.15, -0.1) is 0 Å². The molecule has 0 radical (unpaired) electrons. The van der Waals surface area contributed by atoms with E-state index >= 15 is 0 Å². The van der Waals surface area contributed by atoms with Crippen molar-refractivity contribution in [2.45, 2.75) is 173 Å². The largest absolute Gasteiger partial charge is 0.394 e. The molecular formula is C32H65NO4. The van der Waals surface area contributed by atoms with Crippen molar-refractivity contribution >= 4 is 5.91 Å². The van der Waals surface area contributed by atoms with Gasteiger partial charge in [0.1, 0.15) is 5.54 Å². The van der Waals surface area contributed by atoms with Crippen molar-refractivity contribution in [1.29, 1.82) is 0 Å². The molecule has 4 N–H and O–H groups in total. The first kappa shape index (κ1) is 36.4. The normalized spacial score (nSPS) is 12.7. The van der Waals surface area contributed by atoms with E-state index in [0.29, 0.717) is 0 Å². The molecule has 0 heterocycles. The highest BCUT2D eigenvalue weighted by Crippen LogP contribution is 2.21. The molecule has 37 heavy (non-hydrogen) atoms. The van der Waals surface area contributed by atoms with Crippen molar-refractivity contribution in [3.05, 3.63) is 0 Å². The van der Waals surface area contributed by atoms with E-state index < -0.39 is 25.4 Å². The molecule has 0 aromatic rings. The number of aliphatic hydroxyl groups is 3. The van der Waals surface area contributed by atoms with Crippen LogP contribution in [0.15, 0.2) is 0 Å². The Bertz CT molecular complexity index is 473. The lowest BCUT2D eigenvalue weighted by molar-refractivity contribution is -0.130. The Morgan fingerprint density at radius 1 is 0.514 bits per heavy atom.